The third-order valence-corrected chi connectivity index (χ3v) is 2.62. The largest absolute Gasteiger partial charge is 0.465 e. The van der Waals surface area contributed by atoms with Crippen LogP contribution in [-0.2, 0) is 14.9 Å². The molecule has 0 aliphatic carbocycles. The van der Waals surface area contributed by atoms with Crippen LogP contribution in [0.3, 0.4) is 0 Å². The summed E-state index contributed by atoms with van der Waals surface area (Å²) in [6.45, 7) is 3.85. The lowest BCUT2D eigenvalue weighted by atomic mass is 9.82. The first kappa shape index (κ1) is 15.9. The molecule has 96 valence electrons. The molecule has 17 heavy (non-hydrogen) atoms. The van der Waals surface area contributed by atoms with E-state index >= 15 is 0 Å². The van der Waals surface area contributed by atoms with Crippen molar-refractivity contribution in [2.45, 2.75) is 19.3 Å². The van der Waals surface area contributed by atoms with Crippen molar-refractivity contribution >= 4 is 18.4 Å². The summed E-state index contributed by atoms with van der Waals surface area (Å²) in [5, 5.41) is 0. The summed E-state index contributed by atoms with van der Waals surface area (Å²) in [6, 6.07) is 5.73. The molecule has 0 bridgehead atoms. The van der Waals surface area contributed by atoms with Crippen LogP contribution in [0.4, 0.5) is 4.39 Å². The number of carbonyl (C=O) groups is 1. The molecule has 0 heterocycles. The molecule has 1 atom stereocenters. The van der Waals surface area contributed by atoms with Crippen molar-refractivity contribution in [1.29, 1.82) is 0 Å². The Balaban J connectivity index is 0.00000256. The molecule has 0 saturated carbocycles. The van der Waals surface area contributed by atoms with Crippen molar-refractivity contribution in [3.63, 3.8) is 0 Å². The van der Waals surface area contributed by atoms with E-state index in [1.807, 2.05) is 0 Å². The quantitative estimate of drug-likeness (QED) is 0.844. The molecule has 1 aromatic carbocycles. The topological polar surface area (TPSA) is 52.3 Å². The van der Waals surface area contributed by atoms with Crippen LogP contribution in [0.25, 0.3) is 0 Å². The van der Waals surface area contributed by atoms with Crippen LogP contribution >= 0.6 is 12.4 Å². The summed E-state index contributed by atoms with van der Waals surface area (Å²) in [5.74, 6) is -0.726. The van der Waals surface area contributed by atoms with Crippen molar-refractivity contribution in [2.75, 3.05) is 13.2 Å². The molecular formula is C12H17ClFNO2. The van der Waals surface area contributed by atoms with Gasteiger partial charge in [-0.25, -0.2) is 4.39 Å². The highest BCUT2D eigenvalue weighted by atomic mass is 35.5. The maximum absolute atomic E-state index is 12.8. The van der Waals surface area contributed by atoms with E-state index in [1.54, 1.807) is 26.0 Å². The molecule has 0 saturated heterocycles. The third-order valence-electron chi connectivity index (χ3n) is 2.62. The van der Waals surface area contributed by atoms with Crippen LogP contribution in [-0.4, -0.2) is 19.1 Å². The van der Waals surface area contributed by atoms with Gasteiger partial charge in [0.1, 0.15) is 11.2 Å². The Morgan fingerprint density at radius 2 is 1.94 bits per heavy atom. The molecule has 0 amide bonds. The molecule has 5 heteroatoms. The van der Waals surface area contributed by atoms with Crippen LogP contribution in [0.15, 0.2) is 24.3 Å². The maximum Gasteiger partial charge on any atom is 0.317 e. The fourth-order valence-corrected chi connectivity index (χ4v) is 1.43. The lowest BCUT2D eigenvalue weighted by Crippen LogP contribution is -2.41. The number of esters is 1. The van der Waals surface area contributed by atoms with E-state index in [1.165, 1.54) is 12.1 Å². The van der Waals surface area contributed by atoms with Crippen molar-refractivity contribution in [1.82, 2.24) is 0 Å². The second-order valence-corrected chi connectivity index (χ2v) is 3.76. The third kappa shape index (κ3) is 3.41. The summed E-state index contributed by atoms with van der Waals surface area (Å²) in [5.41, 5.74) is 5.36. The Labute approximate surface area is 107 Å². The average molecular weight is 262 g/mol. The first-order chi connectivity index (χ1) is 7.54. The lowest BCUT2D eigenvalue weighted by Gasteiger charge is -2.25. The fourth-order valence-electron chi connectivity index (χ4n) is 1.43. The van der Waals surface area contributed by atoms with Gasteiger partial charge in [0.05, 0.1) is 6.61 Å². The predicted octanol–water partition coefficient (Wildman–Crippen LogP) is 2.03. The summed E-state index contributed by atoms with van der Waals surface area (Å²) in [4.78, 5) is 11.8. The van der Waals surface area contributed by atoms with Gasteiger partial charge in [-0.15, -0.1) is 12.4 Å². The standard InChI is InChI=1S/C12H16FNO2.ClH/c1-3-16-11(15)12(2,8-14)9-4-6-10(13)7-5-9;/h4-7H,3,8,14H2,1-2H3;1H. The normalized spacial score (nSPS) is 13.4. The Bertz CT molecular complexity index is 369. The number of hydrogen-bond acceptors (Lipinski definition) is 3. The second kappa shape index (κ2) is 6.57. The smallest absolute Gasteiger partial charge is 0.317 e. The highest BCUT2D eigenvalue weighted by Crippen LogP contribution is 2.24. The number of hydrogen-bond donors (Lipinski definition) is 1. The molecule has 0 aliphatic rings. The van der Waals surface area contributed by atoms with Gasteiger partial charge in [-0.2, -0.15) is 0 Å². The first-order valence-corrected chi connectivity index (χ1v) is 5.18. The van der Waals surface area contributed by atoms with E-state index in [4.69, 9.17) is 10.5 Å². The van der Waals surface area contributed by atoms with Gasteiger partial charge in [-0.3, -0.25) is 4.79 Å². The van der Waals surface area contributed by atoms with E-state index in [9.17, 15) is 9.18 Å². The van der Waals surface area contributed by atoms with E-state index in [-0.39, 0.29) is 30.7 Å². The zero-order valence-electron chi connectivity index (χ0n) is 9.90. The van der Waals surface area contributed by atoms with Gasteiger partial charge < -0.3 is 10.5 Å². The summed E-state index contributed by atoms with van der Waals surface area (Å²) in [7, 11) is 0. The van der Waals surface area contributed by atoms with Crippen molar-refractivity contribution < 1.29 is 13.9 Å². The second-order valence-electron chi connectivity index (χ2n) is 3.76. The zero-order valence-corrected chi connectivity index (χ0v) is 10.7. The minimum atomic E-state index is -0.913. The number of carbonyl (C=O) groups excluding carboxylic acids is 1. The Kier molecular flexibility index (Phi) is 6.13. The van der Waals surface area contributed by atoms with E-state index in [0.717, 1.165) is 0 Å². The highest BCUT2D eigenvalue weighted by molar-refractivity contribution is 5.85. The maximum atomic E-state index is 12.8. The summed E-state index contributed by atoms with van der Waals surface area (Å²) < 4.78 is 17.8. The Morgan fingerprint density at radius 1 is 1.41 bits per heavy atom. The lowest BCUT2D eigenvalue weighted by molar-refractivity contribution is -0.149. The molecule has 0 aromatic heterocycles. The van der Waals surface area contributed by atoms with Crippen LogP contribution in [0.1, 0.15) is 19.4 Å². The summed E-state index contributed by atoms with van der Waals surface area (Å²) in [6.07, 6.45) is 0. The molecule has 0 spiro atoms. The fraction of sp³-hybridized carbons (Fsp3) is 0.417. The Morgan fingerprint density at radius 3 is 2.35 bits per heavy atom. The van der Waals surface area contributed by atoms with Crippen molar-refractivity contribution in [3.8, 4) is 0 Å². The van der Waals surface area contributed by atoms with Crippen molar-refractivity contribution in [2.24, 2.45) is 5.73 Å². The molecule has 0 radical (unpaired) electrons. The minimum Gasteiger partial charge on any atom is -0.465 e. The molecule has 1 unspecified atom stereocenters. The van der Waals surface area contributed by atoms with Crippen LogP contribution in [0, 0.1) is 5.82 Å². The molecule has 0 fully saturated rings. The van der Waals surface area contributed by atoms with Crippen LogP contribution < -0.4 is 5.73 Å². The van der Waals surface area contributed by atoms with Gasteiger partial charge in [-0.1, -0.05) is 12.1 Å². The van der Waals surface area contributed by atoms with Crippen LogP contribution in [0.5, 0.6) is 0 Å². The van der Waals surface area contributed by atoms with Gasteiger partial charge in [0.2, 0.25) is 0 Å². The minimum absolute atomic E-state index is 0. The molecule has 2 N–H and O–H groups in total. The molecule has 1 rings (SSSR count). The molecule has 0 aliphatic heterocycles. The highest BCUT2D eigenvalue weighted by Gasteiger charge is 2.35. The van der Waals surface area contributed by atoms with Gasteiger partial charge in [-0.05, 0) is 31.5 Å². The van der Waals surface area contributed by atoms with Crippen molar-refractivity contribution in [3.05, 3.63) is 35.6 Å². The number of halogens is 2. The van der Waals surface area contributed by atoms with Gasteiger partial charge in [0.15, 0.2) is 0 Å². The monoisotopic (exact) mass is 261 g/mol. The predicted molar refractivity (Wildman–Crippen MR) is 66.7 cm³/mol. The first-order valence-electron chi connectivity index (χ1n) is 5.18. The zero-order chi connectivity index (χ0) is 12.2. The number of ether oxygens (including phenoxy) is 1. The van der Waals surface area contributed by atoms with Gasteiger partial charge >= 0.3 is 5.97 Å². The average Bonchev–Trinajstić information content (AvgIpc) is 2.29. The van der Waals surface area contributed by atoms with Crippen LogP contribution in [0.2, 0.25) is 0 Å². The SMILES string of the molecule is CCOC(=O)C(C)(CN)c1ccc(F)cc1.Cl. The van der Waals surface area contributed by atoms with E-state index in [0.29, 0.717) is 12.2 Å². The number of benzene rings is 1. The summed E-state index contributed by atoms with van der Waals surface area (Å²) >= 11 is 0. The van der Waals surface area contributed by atoms with Gasteiger partial charge in [0, 0.05) is 6.54 Å². The number of rotatable bonds is 4. The Hall–Kier alpha value is -1.13. The van der Waals surface area contributed by atoms with Gasteiger partial charge in [0.25, 0.3) is 0 Å². The number of nitrogens with two attached hydrogens (primary N) is 1. The van der Waals surface area contributed by atoms with E-state index in [2.05, 4.69) is 0 Å². The molecular weight excluding hydrogens is 245 g/mol. The molecule has 3 nitrogen and oxygen atoms in total. The molecule has 1 aromatic rings. The van der Waals surface area contributed by atoms with E-state index < -0.39 is 5.41 Å².